The smallest absolute Gasteiger partial charge is 0.277 e. The third-order valence-corrected chi connectivity index (χ3v) is 5.92. The fourth-order valence-electron chi connectivity index (χ4n) is 4.00. The van der Waals surface area contributed by atoms with Crippen LogP contribution in [0.5, 0.6) is 0 Å². The second-order valence-corrected chi connectivity index (χ2v) is 8.14. The van der Waals surface area contributed by atoms with Gasteiger partial charge in [0.05, 0.1) is 5.56 Å². The Balaban J connectivity index is 1.27. The molecule has 1 aromatic carbocycles. The Bertz CT molecular complexity index is 1030. The van der Waals surface area contributed by atoms with Crippen LogP contribution in [-0.2, 0) is 13.6 Å². The number of anilines is 1. The van der Waals surface area contributed by atoms with Crippen molar-refractivity contribution in [3.8, 4) is 0 Å². The average molecular weight is 429 g/mol. The molecular weight excluding hydrogens is 404 g/mol. The van der Waals surface area contributed by atoms with Gasteiger partial charge in [0.15, 0.2) is 0 Å². The van der Waals surface area contributed by atoms with Crippen molar-refractivity contribution in [3.05, 3.63) is 52.9 Å². The van der Waals surface area contributed by atoms with Crippen LogP contribution in [0.2, 0.25) is 5.02 Å². The highest BCUT2D eigenvalue weighted by Gasteiger charge is 2.21. The van der Waals surface area contributed by atoms with Crippen molar-refractivity contribution < 1.29 is 10.0 Å². The number of fused-ring (bicyclic) bond motifs is 1. The first-order valence-electron chi connectivity index (χ1n) is 10.0. The van der Waals surface area contributed by atoms with Crippen LogP contribution in [0.4, 0.5) is 5.95 Å². The number of carbonyl (C=O) groups is 1. The Labute approximate surface area is 179 Å². The first-order valence-corrected chi connectivity index (χ1v) is 10.4. The van der Waals surface area contributed by atoms with Gasteiger partial charge < -0.3 is 14.8 Å². The standard InChI is InChI=1S/C21H25ClN6O2/c1-27-13-16(18-3-2-17(22)8-19(18)27)10-23-9-14-4-6-28(7-5-14)21-24-11-15(12-25-21)20(29)26-30/h2-3,8,11-14,23,30H,4-7,9-10H2,1H3,(H,26,29). The number of amides is 1. The van der Waals surface area contributed by atoms with Crippen LogP contribution in [0.25, 0.3) is 10.9 Å². The van der Waals surface area contributed by atoms with Crippen LogP contribution in [-0.4, -0.2) is 45.3 Å². The summed E-state index contributed by atoms with van der Waals surface area (Å²) in [5, 5.41) is 14.3. The van der Waals surface area contributed by atoms with Crippen molar-refractivity contribution in [2.75, 3.05) is 24.5 Å². The molecule has 1 saturated heterocycles. The number of rotatable bonds is 6. The molecule has 1 fully saturated rings. The van der Waals surface area contributed by atoms with E-state index < -0.39 is 5.91 Å². The Morgan fingerprint density at radius 3 is 2.70 bits per heavy atom. The number of aryl methyl sites for hydroxylation is 1. The van der Waals surface area contributed by atoms with Gasteiger partial charge in [0.25, 0.3) is 5.91 Å². The van der Waals surface area contributed by atoms with E-state index in [4.69, 9.17) is 16.8 Å². The highest BCUT2D eigenvalue weighted by atomic mass is 35.5. The molecule has 2 aromatic heterocycles. The fourth-order valence-corrected chi connectivity index (χ4v) is 4.16. The molecule has 1 aliphatic heterocycles. The minimum atomic E-state index is -0.611. The van der Waals surface area contributed by atoms with Crippen LogP contribution in [0.3, 0.4) is 0 Å². The van der Waals surface area contributed by atoms with Gasteiger partial charge in [-0.15, -0.1) is 0 Å². The molecule has 1 aliphatic rings. The molecule has 0 spiro atoms. The number of carbonyl (C=O) groups excluding carboxylic acids is 1. The van der Waals surface area contributed by atoms with E-state index in [1.807, 2.05) is 19.2 Å². The van der Waals surface area contributed by atoms with Gasteiger partial charge in [-0.2, -0.15) is 0 Å². The fraction of sp³-hybridized carbons (Fsp3) is 0.381. The first-order chi connectivity index (χ1) is 14.5. The molecule has 0 unspecified atom stereocenters. The van der Waals surface area contributed by atoms with Gasteiger partial charge in [-0.25, -0.2) is 15.4 Å². The summed E-state index contributed by atoms with van der Waals surface area (Å²) in [7, 11) is 2.04. The summed E-state index contributed by atoms with van der Waals surface area (Å²) < 4.78 is 2.12. The highest BCUT2D eigenvalue weighted by Crippen LogP contribution is 2.24. The number of nitrogens with zero attached hydrogens (tertiary/aromatic N) is 4. The van der Waals surface area contributed by atoms with E-state index in [2.05, 4.69) is 37.0 Å². The molecule has 0 aliphatic carbocycles. The van der Waals surface area contributed by atoms with E-state index in [-0.39, 0.29) is 5.56 Å². The minimum Gasteiger partial charge on any atom is -0.350 e. The third kappa shape index (κ3) is 4.40. The quantitative estimate of drug-likeness (QED) is 0.412. The van der Waals surface area contributed by atoms with Crippen molar-refractivity contribution in [2.24, 2.45) is 13.0 Å². The summed E-state index contributed by atoms with van der Waals surface area (Å²) in [6.07, 6.45) is 7.13. The summed E-state index contributed by atoms with van der Waals surface area (Å²) in [4.78, 5) is 22.0. The predicted molar refractivity (Wildman–Crippen MR) is 116 cm³/mol. The normalized spacial score (nSPS) is 15.0. The average Bonchev–Trinajstić information content (AvgIpc) is 3.08. The third-order valence-electron chi connectivity index (χ3n) is 5.68. The number of aromatic nitrogens is 3. The second kappa shape index (κ2) is 8.99. The number of halogens is 1. The number of benzene rings is 1. The molecular formula is C21H25ClN6O2. The van der Waals surface area contributed by atoms with Gasteiger partial charge in [0.2, 0.25) is 5.95 Å². The molecule has 0 bridgehead atoms. The van der Waals surface area contributed by atoms with Crippen molar-refractivity contribution >= 4 is 34.4 Å². The van der Waals surface area contributed by atoms with Crippen LogP contribution < -0.4 is 15.7 Å². The predicted octanol–water partition coefficient (Wildman–Crippen LogP) is 2.75. The molecule has 0 radical (unpaired) electrons. The molecule has 3 heterocycles. The minimum absolute atomic E-state index is 0.232. The van der Waals surface area contributed by atoms with Crippen molar-refractivity contribution in [1.82, 2.24) is 25.3 Å². The monoisotopic (exact) mass is 428 g/mol. The van der Waals surface area contributed by atoms with E-state index in [9.17, 15) is 4.79 Å². The number of nitrogens with one attached hydrogen (secondary N) is 2. The zero-order valence-electron chi connectivity index (χ0n) is 16.8. The van der Waals surface area contributed by atoms with Gasteiger partial charge in [-0.1, -0.05) is 17.7 Å². The van der Waals surface area contributed by atoms with Crippen molar-refractivity contribution in [1.29, 1.82) is 0 Å². The van der Waals surface area contributed by atoms with Crippen molar-refractivity contribution in [3.63, 3.8) is 0 Å². The Morgan fingerprint density at radius 2 is 2.00 bits per heavy atom. The molecule has 8 nitrogen and oxygen atoms in total. The maximum atomic E-state index is 11.4. The van der Waals surface area contributed by atoms with E-state index in [1.54, 1.807) is 5.48 Å². The van der Waals surface area contributed by atoms with Gasteiger partial charge in [-0.3, -0.25) is 10.0 Å². The maximum Gasteiger partial charge on any atom is 0.277 e. The summed E-state index contributed by atoms with van der Waals surface area (Å²) in [5.74, 6) is 0.607. The lowest BCUT2D eigenvalue weighted by molar-refractivity contribution is 0.0705. The van der Waals surface area contributed by atoms with Crippen LogP contribution >= 0.6 is 11.6 Å². The zero-order chi connectivity index (χ0) is 21.1. The maximum absolute atomic E-state index is 11.4. The lowest BCUT2D eigenvalue weighted by Gasteiger charge is -2.32. The number of piperidine rings is 1. The molecule has 1 amide bonds. The van der Waals surface area contributed by atoms with E-state index in [0.717, 1.165) is 49.6 Å². The molecule has 9 heteroatoms. The molecule has 4 rings (SSSR count). The van der Waals surface area contributed by atoms with E-state index in [0.29, 0.717) is 11.9 Å². The molecule has 3 aromatic rings. The van der Waals surface area contributed by atoms with Gasteiger partial charge in [0.1, 0.15) is 0 Å². The molecule has 0 saturated carbocycles. The molecule has 3 N–H and O–H groups in total. The second-order valence-electron chi connectivity index (χ2n) is 7.70. The largest absolute Gasteiger partial charge is 0.350 e. The number of hydroxylamine groups is 1. The van der Waals surface area contributed by atoms with Gasteiger partial charge >= 0.3 is 0 Å². The highest BCUT2D eigenvalue weighted by molar-refractivity contribution is 6.31. The molecule has 0 atom stereocenters. The van der Waals surface area contributed by atoms with E-state index >= 15 is 0 Å². The zero-order valence-corrected chi connectivity index (χ0v) is 17.6. The van der Waals surface area contributed by atoms with Crippen LogP contribution in [0.15, 0.2) is 36.8 Å². The summed E-state index contributed by atoms with van der Waals surface area (Å²) in [6.45, 7) is 3.56. The van der Waals surface area contributed by atoms with Crippen molar-refractivity contribution in [2.45, 2.75) is 19.4 Å². The van der Waals surface area contributed by atoms with Gasteiger partial charge in [-0.05, 0) is 43.0 Å². The Hall–Kier alpha value is -2.68. The van der Waals surface area contributed by atoms with Crippen LogP contribution in [0.1, 0.15) is 28.8 Å². The summed E-state index contributed by atoms with van der Waals surface area (Å²) in [5.41, 5.74) is 4.24. The molecule has 30 heavy (non-hydrogen) atoms. The number of hydrogen-bond donors (Lipinski definition) is 3. The summed E-state index contributed by atoms with van der Waals surface area (Å²) in [6, 6.07) is 6.03. The Kier molecular flexibility index (Phi) is 6.17. The van der Waals surface area contributed by atoms with E-state index in [1.165, 1.54) is 23.3 Å². The Morgan fingerprint density at radius 1 is 1.27 bits per heavy atom. The molecule has 158 valence electrons. The van der Waals surface area contributed by atoms with Gasteiger partial charge in [0, 0.05) is 61.2 Å². The lowest BCUT2D eigenvalue weighted by atomic mass is 9.97. The first kappa shape index (κ1) is 20.6. The van der Waals surface area contributed by atoms with Crippen LogP contribution in [0, 0.1) is 5.92 Å². The lowest BCUT2D eigenvalue weighted by Crippen LogP contribution is -2.38. The number of hydrogen-bond acceptors (Lipinski definition) is 6. The topological polar surface area (TPSA) is 95.3 Å². The summed E-state index contributed by atoms with van der Waals surface area (Å²) >= 11 is 6.12. The SMILES string of the molecule is Cn1cc(CNCC2CCN(c3ncc(C(=O)NO)cn3)CC2)c2ccc(Cl)cc21.